The summed E-state index contributed by atoms with van der Waals surface area (Å²) >= 11 is 3.42. The maximum absolute atomic E-state index is 12.9. The first-order valence-corrected chi connectivity index (χ1v) is 9.21. The van der Waals surface area contributed by atoms with E-state index in [1.807, 2.05) is 22.4 Å². The summed E-state index contributed by atoms with van der Waals surface area (Å²) in [5.74, 6) is 0.0658. The molecule has 1 amide bonds. The second-order valence-electron chi connectivity index (χ2n) is 5.43. The fraction of sp³-hybridized carbons (Fsp3) is 0.250. The van der Waals surface area contributed by atoms with Crippen molar-refractivity contribution in [3.63, 3.8) is 0 Å². The minimum Gasteiger partial charge on any atom is -0.329 e. The third kappa shape index (κ3) is 2.62. The summed E-state index contributed by atoms with van der Waals surface area (Å²) in [4.78, 5) is 21.1. The monoisotopic (exact) mass is 355 g/mol. The summed E-state index contributed by atoms with van der Waals surface area (Å²) in [5, 5.41) is 16.9. The second kappa shape index (κ2) is 6.19. The normalized spacial score (nSPS) is 16.6. The predicted molar refractivity (Wildman–Crippen MR) is 90.6 cm³/mol. The van der Waals surface area contributed by atoms with E-state index in [0.29, 0.717) is 6.54 Å². The Morgan fingerprint density at radius 3 is 3.04 bits per heavy atom. The fourth-order valence-electron chi connectivity index (χ4n) is 2.99. The maximum atomic E-state index is 12.9. The van der Waals surface area contributed by atoms with Crippen LogP contribution in [0.4, 0.5) is 0 Å². The highest BCUT2D eigenvalue weighted by Crippen LogP contribution is 2.39. The number of carbonyl (C=O) groups excluding carboxylic acids is 1. The van der Waals surface area contributed by atoms with Gasteiger partial charge >= 0.3 is 0 Å². The van der Waals surface area contributed by atoms with Crippen LogP contribution in [-0.2, 0) is 17.8 Å². The lowest BCUT2D eigenvalue weighted by molar-refractivity contribution is -0.134. The Kier molecular flexibility index (Phi) is 3.88. The molecular weight excluding hydrogens is 342 g/mol. The summed E-state index contributed by atoms with van der Waals surface area (Å²) in [7, 11) is 0. The molecule has 0 N–H and O–H groups in total. The van der Waals surface area contributed by atoms with Crippen molar-refractivity contribution in [3.05, 3.63) is 56.4 Å². The molecule has 120 valence electrons. The highest BCUT2D eigenvalue weighted by atomic mass is 32.1. The van der Waals surface area contributed by atoms with Crippen molar-refractivity contribution in [1.82, 2.24) is 19.7 Å². The average Bonchev–Trinajstić information content (AvgIpc) is 3.34. The van der Waals surface area contributed by atoms with Crippen molar-refractivity contribution >= 4 is 28.6 Å². The molecule has 0 fully saturated rings. The van der Waals surface area contributed by atoms with Crippen LogP contribution in [0.25, 0.3) is 0 Å². The van der Waals surface area contributed by atoms with Gasteiger partial charge in [0.25, 0.3) is 5.82 Å². The zero-order chi connectivity index (χ0) is 16.5. The molecular formula is C16H13N5OS2. The molecule has 0 spiro atoms. The topological polar surface area (TPSA) is 74.8 Å². The minimum absolute atomic E-state index is 0.0142. The van der Waals surface area contributed by atoms with Crippen LogP contribution in [0.2, 0.25) is 0 Å². The van der Waals surface area contributed by atoms with Crippen molar-refractivity contribution < 1.29 is 4.79 Å². The van der Waals surface area contributed by atoms with Gasteiger partial charge in [-0.1, -0.05) is 6.07 Å². The Hall–Kier alpha value is -2.50. The van der Waals surface area contributed by atoms with Gasteiger partial charge in [-0.3, -0.25) is 4.79 Å². The number of aromatic nitrogens is 3. The van der Waals surface area contributed by atoms with Crippen LogP contribution < -0.4 is 0 Å². The van der Waals surface area contributed by atoms with Crippen LogP contribution >= 0.6 is 22.7 Å². The lowest BCUT2D eigenvalue weighted by atomic mass is 9.98. The lowest BCUT2D eigenvalue weighted by Crippen LogP contribution is -2.41. The first-order chi connectivity index (χ1) is 11.8. The van der Waals surface area contributed by atoms with Gasteiger partial charge in [-0.05, 0) is 34.9 Å². The van der Waals surface area contributed by atoms with Gasteiger partial charge < -0.3 is 4.90 Å². The molecule has 0 saturated carbocycles. The van der Waals surface area contributed by atoms with Gasteiger partial charge in [0.2, 0.25) is 5.91 Å². The van der Waals surface area contributed by atoms with Gasteiger partial charge in [0.05, 0.1) is 6.04 Å². The molecule has 0 radical (unpaired) electrons. The van der Waals surface area contributed by atoms with Crippen LogP contribution in [0.1, 0.15) is 27.2 Å². The van der Waals surface area contributed by atoms with E-state index in [-0.39, 0.29) is 24.3 Å². The van der Waals surface area contributed by atoms with Crippen LogP contribution in [0.5, 0.6) is 0 Å². The van der Waals surface area contributed by atoms with Gasteiger partial charge in [-0.25, -0.2) is 9.67 Å². The SMILES string of the molecule is N#Cc1ncn(CC(=O)N2CCc3sccc3[C@H]2c2cccs2)n1. The van der Waals surface area contributed by atoms with Crippen molar-refractivity contribution in [2.45, 2.75) is 19.0 Å². The van der Waals surface area contributed by atoms with Gasteiger partial charge in [-0.2, -0.15) is 5.26 Å². The van der Waals surface area contributed by atoms with E-state index >= 15 is 0 Å². The van der Waals surface area contributed by atoms with E-state index in [1.54, 1.807) is 22.7 Å². The standard InChI is InChI=1S/C16H13N5OS2/c17-8-14-18-10-20(19-14)9-15(22)21-5-3-12-11(4-7-24-12)16(21)13-2-1-6-23-13/h1-2,4,6-7,10,16H,3,5,9H2/t16-/m0/s1. The Balaban J connectivity index is 1.63. The summed E-state index contributed by atoms with van der Waals surface area (Å²) in [6.45, 7) is 0.782. The third-order valence-electron chi connectivity index (χ3n) is 4.03. The first-order valence-electron chi connectivity index (χ1n) is 7.45. The maximum Gasteiger partial charge on any atom is 0.252 e. The zero-order valence-electron chi connectivity index (χ0n) is 12.6. The summed E-state index contributed by atoms with van der Waals surface area (Å²) in [6.07, 6.45) is 2.30. The van der Waals surface area contributed by atoms with Gasteiger partial charge in [0.15, 0.2) is 0 Å². The molecule has 1 aliphatic heterocycles. The number of nitrogens with zero attached hydrogens (tertiary/aromatic N) is 5. The van der Waals surface area contributed by atoms with E-state index in [1.165, 1.54) is 26.3 Å². The second-order valence-corrected chi connectivity index (χ2v) is 7.41. The Morgan fingerprint density at radius 2 is 2.29 bits per heavy atom. The van der Waals surface area contributed by atoms with Crippen molar-refractivity contribution in [3.8, 4) is 6.07 Å². The largest absolute Gasteiger partial charge is 0.329 e. The fourth-order valence-corrected chi connectivity index (χ4v) is 4.75. The van der Waals surface area contributed by atoms with E-state index in [2.05, 4.69) is 27.6 Å². The first kappa shape index (κ1) is 15.1. The molecule has 3 aromatic heterocycles. The highest BCUT2D eigenvalue weighted by molar-refractivity contribution is 7.10. The molecule has 1 aliphatic rings. The molecule has 0 saturated heterocycles. The number of thiophene rings is 2. The molecule has 3 aromatic rings. The number of hydrogen-bond donors (Lipinski definition) is 0. The van der Waals surface area contributed by atoms with Gasteiger partial charge in [-0.15, -0.1) is 27.8 Å². The smallest absolute Gasteiger partial charge is 0.252 e. The molecule has 0 unspecified atom stereocenters. The summed E-state index contributed by atoms with van der Waals surface area (Å²) < 4.78 is 1.43. The number of amides is 1. The predicted octanol–water partition coefficient (Wildman–Crippen LogP) is 2.45. The molecule has 4 heterocycles. The minimum atomic E-state index is -0.0357. The Bertz CT molecular complexity index is 905. The van der Waals surface area contributed by atoms with E-state index in [4.69, 9.17) is 5.26 Å². The van der Waals surface area contributed by atoms with Gasteiger partial charge in [0, 0.05) is 16.3 Å². The number of fused-ring (bicyclic) bond motifs is 1. The summed E-state index contributed by atoms with van der Waals surface area (Å²) in [5.41, 5.74) is 1.22. The van der Waals surface area contributed by atoms with Crippen LogP contribution in [0.3, 0.4) is 0 Å². The Morgan fingerprint density at radius 1 is 1.38 bits per heavy atom. The van der Waals surface area contributed by atoms with Crippen molar-refractivity contribution in [2.24, 2.45) is 0 Å². The highest BCUT2D eigenvalue weighted by Gasteiger charge is 2.33. The molecule has 24 heavy (non-hydrogen) atoms. The molecule has 0 bridgehead atoms. The van der Waals surface area contributed by atoms with Crippen LogP contribution in [0.15, 0.2) is 35.3 Å². The molecule has 1 atom stereocenters. The number of hydrogen-bond acceptors (Lipinski definition) is 6. The number of carbonyl (C=O) groups is 1. The zero-order valence-corrected chi connectivity index (χ0v) is 14.3. The molecule has 6 nitrogen and oxygen atoms in total. The Labute approximate surface area is 146 Å². The number of rotatable bonds is 3. The lowest BCUT2D eigenvalue weighted by Gasteiger charge is -2.35. The number of nitriles is 1. The molecule has 0 aromatic carbocycles. The van der Waals surface area contributed by atoms with Crippen molar-refractivity contribution in [2.75, 3.05) is 6.54 Å². The van der Waals surface area contributed by atoms with Crippen LogP contribution in [0, 0.1) is 11.3 Å². The molecule has 4 rings (SSSR count). The van der Waals surface area contributed by atoms with Gasteiger partial charge in [0.1, 0.15) is 18.9 Å². The van der Waals surface area contributed by atoms with Crippen LogP contribution in [-0.4, -0.2) is 32.1 Å². The third-order valence-corrected chi connectivity index (χ3v) is 5.95. The van der Waals surface area contributed by atoms with E-state index < -0.39 is 0 Å². The summed E-state index contributed by atoms with van der Waals surface area (Å²) in [6, 6.07) is 8.05. The molecule has 8 heteroatoms. The average molecular weight is 355 g/mol. The molecule has 0 aliphatic carbocycles. The van der Waals surface area contributed by atoms with E-state index in [0.717, 1.165) is 6.42 Å². The quantitative estimate of drug-likeness (QED) is 0.723. The van der Waals surface area contributed by atoms with Crippen molar-refractivity contribution in [1.29, 1.82) is 5.26 Å². The van der Waals surface area contributed by atoms with E-state index in [9.17, 15) is 4.79 Å².